The van der Waals surface area contributed by atoms with Gasteiger partial charge in [0.15, 0.2) is 11.5 Å². The van der Waals surface area contributed by atoms with Gasteiger partial charge in [-0.25, -0.2) is 14.3 Å². The summed E-state index contributed by atoms with van der Waals surface area (Å²) in [6, 6.07) is 12.1. The Hall–Kier alpha value is -3.98. The monoisotopic (exact) mass is 495 g/mol. The fourth-order valence-corrected chi connectivity index (χ4v) is 5.67. The van der Waals surface area contributed by atoms with Crippen LogP contribution in [0.1, 0.15) is 36.8 Å². The van der Waals surface area contributed by atoms with Gasteiger partial charge in [-0.15, -0.1) is 0 Å². The first-order chi connectivity index (χ1) is 18.1. The molecule has 1 spiro atoms. The van der Waals surface area contributed by atoms with E-state index in [2.05, 4.69) is 51.5 Å². The largest absolute Gasteiger partial charge is 0.478 e. The molecule has 1 aliphatic carbocycles. The number of nitrogens with zero attached hydrogens (tertiary/aromatic N) is 6. The molecular weight excluding hydrogens is 466 g/mol. The summed E-state index contributed by atoms with van der Waals surface area (Å²) in [5.74, 6) is 1.55. The number of benzene rings is 1. The van der Waals surface area contributed by atoms with Crippen LogP contribution in [-0.2, 0) is 18.5 Å². The summed E-state index contributed by atoms with van der Waals surface area (Å²) < 4.78 is 9.26. The Morgan fingerprint density at radius 2 is 2.03 bits per heavy atom. The van der Waals surface area contributed by atoms with Gasteiger partial charge in [-0.3, -0.25) is 9.69 Å². The number of rotatable bonds is 2. The molecule has 37 heavy (non-hydrogen) atoms. The van der Waals surface area contributed by atoms with Crippen LogP contribution in [0.15, 0.2) is 59.5 Å². The molecule has 0 atom stereocenters. The fraction of sp³-hybridized carbons (Fsp3) is 0.357. The van der Waals surface area contributed by atoms with Crippen LogP contribution in [0.4, 0.5) is 11.6 Å². The quantitative estimate of drug-likeness (QED) is 0.422. The third-order valence-electron chi connectivity index (χ3n) is 7.85. The number of likely N-dealkylation sites (N-methyl/N-ethyl adjacent to an activating group) is 1. The predicted octanol–water partition coefficient (Wildman–Crippen LogP) is 3.93. The Balaban J connectivity index is 1.31. The average Bonchev–Trinajstić information content (AvgIpc) is 3.66. The molecule has 1 aromatic carbocycles. The summed E-state index contributed by atoms with van der Waals surface area (Å²) in [5.41, 5.74) is 4.33. The van der Waals surface area contributed by atoms with E-state index in [9.17, 15) is 4.79 Å². The molecule has 2 bridgehead atoms. The summed E-state index contributed by atoms with van der Waals surface area (Å²) in [6.45, 7) is 2.11. The predicted molar refractivity (Wildman–Crippen MR) is 142 cm³/mol. The van der Waals surface area contributed by atoms with Crippen LogP contribution in [0, 0.1) is 0 Å². The molecule has 3 aliphatic rings. The Morgan fingerprint density at radius 3 is 2.92 bits per heavy atom. The van der Waals surface area contributed by atoms with E-state index in [1.165, 1.54) is 24.0 Å². The van der Waals surface area contributed by atoms with Crippen molar-refractivity contribution in [3.05, 3.63) is 76.2 Å². The zero-order valence-corrected chi connectivity index (χ0v) is 20.9. The molecule has 188 valence electrons. The van der Waals surface area contributed by atoms with Crippen LogP contribution in [-0.4, -0.2) is 49.4 Å². The second-order valence-electron chi connectivity index (χ2n) is 10.1. The molecular formula is C28H29N7O2. The van der Waals surface area contributed by atoms with E-state index < -0.39 is 0 Å². The third-order valence-corrected chi connectivity index (χ3v) is 7.85. The zero-order chi connectivity index (χ0) is 25.0. The standard InChI is InChI=1S/C28H29N7O2/c1-33-15-11-19-9-10-20(17-22(19)28(33)12-13-28)30-27-29-18-21-25(32-27)35-23-7-6-8-24(31-23)37-16-5-3-2-4-14-34(35)26(21)36/h2,4,6-10,17-18H,3,5,11-16H2,1H3,(H,29,30,32)/b4-2-. The maximum absolute atomic E-state index is 13.4. The molecule has 9 nitrogen and oxygen atoms in total. The minimum Gasteiger partial charge on any atom is -0.478 e. The molecule has 1 saturated carbocycles. The van der Waals surface area contributed by atoms with Crippen molar-refractivity contribution in [3.8, 4) is 11.7 Å². The highest BCUT2D eigenvalue weighted by Crippen LogP contribution is 2.53. The molecule has 0 unspecified atom stereocenters. The molecule has 1 fully saturated rings. The lowest BCUT2D eigenvalue weighted by molar-refractivity contribution is 0.208. The first kappa shape index (κ1) is 22.2. The SMILES string of the molecule is CN1CCc2ccc(Nc3ncc4c(=O)n5n(c4n3)-c3cccc(n3)OCCC/C=C\C5)cc2C12CC2. The highest BCUT2D eigenvalue weighted by molar-refractivity contribution is 5.77. The molecule has 7 rings (SSSR count). The maximum Gasteiger partial charge on any atom is 0.278 e. The second-order valence-corrected chi connectivity index (χ2v) is 10.1. The van der Waals surface area contributed by atoms with E-state index in [-0.39, 0.29) is 11.1 Å². The first-order valence-electron chi connectivity index (χ1n) is 13.0. The summed E-state index contributed by atoms with van der Waals surface area (Å²) >= 11 is 0. The van der Waals surface area contributed by atoms with Crippen molar-refractivity contribution in [3.63, 3.8) is 0 Å². The van der Waals surface area contributed by atoms with Gasteiger partial charge < -0.3 is 10.1 Å². The van der Waals surface area contributed by atoms with E-state index >= 15 is 0 Å². The van der Waals surface area contributed by atoms with E-state index in [0.717, 1.165) is 31.5 Å². The molecule has 0 amide bonds. The summed E-state index contributed by atoms with van der Waals surface area (Å²) in [7, 11) is 2.23. The molecule has 0 radical (unpaired) electrons. The van der Waals surface area contributed by atoms with Crippen molar-refractivity contribution in [2.75, 3.05) is 25.5 Å². The number of aromatic nitrogens is 5. The number of ether oxygens (including phenoxy) is 1. The number of hydrogen-bond acceptors (Lipinski definition) is 7. The van der Waals surface area contributed by atoms with Crippen molar-refractivity contribution >= 4 is 22.7 Å². The number of fused-ring (bicyclic) bond motifs is 8. The number of anilines is 2. The summed E-state index contributed by atoms with van der Waals surface area (Å²) in [4.78, 5) is 29.8. The van der Waals surface area contributed by atoms with E-state index in [4.69, 9.17) is 9.72 Å². The van der Waals surface area contributed by atoms with Gasteiger partial charge in [-0.2, -0.15) is 9.97 Å². The van der Waals surface area contributed by atoms with E-state index in [0.29, 0.717) is 41.8 Å². The number of hydrogen-bond donors (Lipinski definition) is 1. The molecule has 9 heteroatoms. The highest BCUT2D eigenvalue weighted by Gasteiger charge is 2.50. The van der Waals surface area contributed by atoms with Crippen molar-refractivity contribution in [2.24, 2.45) is 0 Å². The second kappa shape index (κ2) is 8.55. The molecule has 0 saturated heterocycles. The average molecular weight is 496 g/mol. The Labute approximate surface area is 214 Å². The zero-order valence-electron chi connectivity index (χ0n) is 20.9. The fourth-order valence-electron chi connectivity index (χ4n) is 5.67. The van der Waals surface area contributed by atoms with E-state index in [1.54, 1.807) is 15.6 Å². The topological polar surface area (TPSA) is 90.1 Å². The Bertz CT molecular complexity index is 1600. The highest BCUT2D eigenvalue weighted by atomic mass is 16.5. The summed E-state index contributed by atoms with van der Waals surface area (Å²) in [5, 5.41) is 3.84. The van der Waals surface area contributed by atoms with Crippen LogP contribution in [0.5, 0.6) is 5.88 Å². The smallest absolute Gasteiger partial charge is 0.278 e. The van der Waals surface area contributed by atoms with Gasteiger partial charge in [0.05, 0.1) is 13.2 Å². The van der Waals surface area contributed by atoms with E-state index in [1.807, 2.05) is 24.3 Å². The summed E-state index contributed by atoms with van der Waals surface area (Å²) in [6.07, 6.45) is 10.9. The van der Waals surface area contributed by atoms with Crippen molar-refractivity contribution < 1.29 is 4.74 Å². The lowest BCUT2D eigenvalue weighted by atomic mass is 9.90. The van der Waals surface area contributed by atoms with Gasteiger partial charge in [-0.05, 0) is 68.5 Å². The van der Waals surface area contributed by atoms with Crippen LogP contribution < -0.4 is 15.6 Å². The Morgan fingerprint density at radius 1 is 1.11 bits per heavy atom. The van der Waals surface area contributed by atoms with Gasteiger partial charge in [0, 0.05) is 30.0 Å². The number of pyridine rings is 1. The Kier molecular flexibility index (Phi) is 5.14. The van der Waals surface area contributed by atoms with Crippen LogP contribution in [0.25, 0.3) is 16.9 Å². The van der Waals surface area contributed by atoms with Crippen LogP contribution in [0.2, 0.25) is 0 Å². The molecule has 3 aromatic heterocycles. The number of allylic oxidation sites excluding steroid dienone is 2. The van der Waals surface area contributed by atoms with Gasteiger partial charge in [0.1, 0.15) is 5.39 Å². The van der Waals surface area contributed by atoms with Crippen molar-refractivity contribution in [1.82, 2.24) is 29.2 Å². The molecule has 5 heterocycles. The van der Waals surface area contributed by atoms with Gasteiger partial charge in [-0.1, -0.05) is 24.3 Å². The first-order valence-corrected chi connectivity index (χ1v) is 13.0. The maximum atomic E-state index is 13.4. The van der Waals surface area contributed by atoms with Gasteiger partial charge in [0.25, 0.3) is 5.56 Å². The van der Waals surface area contributed by atoms with Crippen LogP contribution in [0.3, 0.4) is 0 Å². The van der Waals surface area contributed by atoms with Crippen molar-refractivity contribution in [2.45, 2.75) is 44.2 Å². The van der Waals surface area contributed by atoms with Gasteiger partial charge >= 0.3 is 0 Å². The van der Waals surface area contributed by atoms with Crippen molar-refractivity contribution in [1.29, 1.82) is 0 Å². The lowest BCUT2D eigenvalue weighted by Crippen LogP contribution is -2.38. The van der Waals surface area contributed by atoms with Crippen LogP contribution >= 0.6 is 0 Å². The molecule has 4 aromatic rings. The number of nitrogens with one attached hydrogen (secondary N) is 1. The minimum absolute atomic E-state index is 0.149. The molecule has 1 N–H and O–H groups in total. The van der Waals surface area contributed by atoms with Gasteiger partial charge in [0.2, 0.25) is 11.8 Å². The minimum atomic E-state index is -0.149. The third kappa shape index (κ3) is 3.72. The normalized spacial score (nSPS) is 19.3. The lowest BCUT2D eigenvalue weighted by Gasteiger charge is -2.35. The molecule has 2 aliphatic heterocycles.